The van der Waals surface area contributed by atoms with Gasteiger partial charge in [0.05, 0.1) is 12.2 Å². The fourth-order valence-electron chi connectivity index (χ4n) is 4.29. The fraction of sp³-hybridized carbons (Fsp3) is 0.500. The van der Waals surface area contributed by atoms with Crippen LogP contribution in [0.2, 0.25) is 0 Å². The van der Waals surface area contributed by atoms with E-state index in [1.807, 2.05) is 19.1 Å². The molecule has 158 valence electrons. The van der Waals surface area contributed by atoms with Crippen LogP contribution in [0.3, 0.4) is 0 Å². The fourth-order valence-corrected chi connectivity index (χ4v) is 4.29. The molecule has 0 bridgehead atoms. The van der Waals surface area contributed by atoms with E-state index in [1.165, 1.54) is 23.6 Å². The van der Waals surface area contributed by atoms with Gasteiger partial charge in [0.2, 0.25) is 0 Å². The maximum Gasteiger partial charge on any atom is 0.338 e. The average Bonchev–Trinajstić information content (AvgIpc) is 2.67. The molecule has 0 radical (unpaired) electrons. The minimum atomic E-state index is -0.387. The van der Waals surface area contributed by atoms with Gasteiger partial charge in [0.1, 0.15) is 5.75 Å². The van der Waals surface area contributed by atoms with Crippen LogP contribution in [-0.4, -0.2) is 17.7 Å². The molecule has 3 nitrogen and oxygen atoms in total. The van der Waals surface area contributed by atoms with Crippen molar-refractivity contribution in [1.82, 2.24) is 0 Å². The van der Waals surface area contributed by atoms with Crippen molar-refractivity contribution in [2.45, 2.75) is 73.1 Å². The van der Waals surface area contributed by atoms with Crippen LogP contribution in [0.25, 0.3) is 5.57 Å². The monoisotopic (exact) mass is 396 g/mol. The zero-order chi connectivity index (χ0) is 21.6. The Balaban J connectivity index is 2.42. The average molecular weight is 397 g/mol. The second-order valence-electron chi connectivity index (χ2n) is 8.73. The van der Waals surface area contributed by atoms with Crippen LogP contribution < -0.4 is 0 Å². The summed E-state index contributed by atoms with van der Waals surface area (Å²) in [7, 11) is 0. The van der Waals surface area contributed by atoms with Gasteiger partial charge in [0.25, 0.3) is 0 Å². The van der Waals surface area contributed by atoms with Crippen molar-refractivity contribution in [2.75, 3.05) is 6.61 Å². The summed E-state index contributed by atoms with van der Waals surface area (Å²) < 4.78 is 5.33. The molecule has 0 heterocycles. The van der Waals surface area contributed by atoms with E-state index >= 15 is 0 Å². The lowest BCUT2D eigenvalue weighted by Gasteiger charge is -2.37. The maximum atomic E-state index is 12.3. The number of aromatic hydroxyl groups is 1. The number of phenolic OH excluding ortho intramolecular Hbond substituents is 1. The normalized spacial score (nSPS) is 17.0. The molecule has 0 atom stereocenters. The van der Waals surface area contributed by atoms with Gasteiger partial charge in [-0.15, -0.1) is 0 Å². The number of unbranched alkanes of at least 4 members (excludes halogenated alkanes) is 2. The summed E-state index contributed by atoms with van der Waals surface area (Å²) in [6.45, 7) is 15.2. The predicted molar refractivity (Wildman–Crippen MR) is 121 cm³/mol. The second kappa shape index (κ2) is 9.96. The molecule has 0 aromatic heterocycles. The Morgan fingerprint density at radius 1 is 1.31 bits per heavy atom. The first-order valence-electron chi connectivity index (χ1n) is 10.8. The molecule has 0 fully saturated rings. The van der Waals surface area contributed by atoms with E-state index in [9.17, 15) is 9.90 Å². The van der Waals surface area contributed by atoms with Gasteiger partial charge in [-0.2, -0.15) is 0 Å². The summed E-state index contributed by atoms with van der Waals surface area (Å²) in [6, 6.07) is 5.12. The number of hydrogen-bond acceptors (Lipinski definition) is 3. The van der Waals surface area contributed by atoms with Crippen molar-refractivity contribution in [3.8, 4) is 5.75 Å². The molecule has 29 heavy (non-hydrogen) atoms. The lowest BCUT2D eigenvalue weighted by Crippen LogP contribution is -2.22. The molecule has 0 saturated heterocycles. The van der Waals surface area contributed by atoms with Crippen LogP contribution in [0.15, 0.2) is 47.6 Å². The predicted octanol–water partition coefficient (Wildman–Crippen LogP) is 7.23. The quantitative estimate of drug-likeness (QED) is 0.286. The summed E-state index contributed by atoms with van der Waals surface area (Å²) in [5.41, 5.74) is 5.84. The molecule has 1 aliphatic rings. The number of rotatable bonds is 8. The van der Waals surface area contributed by atoms with Crippen LogP contribution >= 0.6 is 0 Å². The van der Waals surface area contributed by atoms with Gasteiger partial charge in [-0.25, -0.2) is 4.79 Å². The Morgan fingerprint density at radius 3 is 2.62 bits per heavy atom. The highest BCUT2D eigenvalue weighted by Gasteiger charge is 2.32. The summed E-state index contributed by atoms with van der Waals surface area (Å²) in [5, 5.41) is 10.9. The van der Waals surface area contributed by atoms with Gasteiger partial charge in [-0.1, -0.05) is 51.8 Å². The zero-order valence-corrected chi connectivity index (χ0v) is 18.7. The van der Waals surface area contributed by atoms with Crippen LogP contribution in [0, 0.1) is 5.41 Å². The van der Waals surface area contributed by atoms with E-state index < -0.39 is 0 Å². The minimum Gasteiger partial charge on any atom is -0.507 e. The molecule has 3 heteroatoms. The number of allylic oxidation sites excluding steroid dienone is 5. The number of ether oxygens (including phenoxy) is 1. The zero-order valence-electron chi connectivity index (χ0n) is 18.7. The first-order valence-corrected chi connectivity index (χ1v) is 10.8. The highest BCUT2D eigenvalue weighted by atomic mass is 16.5. The van der Waals surface area contributed by atoms with E-state index in [-0.39, 0.29) is 17.1 Å². The molecule has 2 rings (SSSR count). The lowest BCUT2D eigenvalue weighted by molar-refractivity contribution is 0.0497. The van der Waals surface area contributed by atoms with Crippen molar-refractivity contribution >= 4 is 11.5 Å². The van der Waals surface area contributed by atoms with Crippen molar-refractivity contribution in [2.24, 2.45) is 5.41 Å². The summed E-state index contributed by atoms with van der Waals surface area (Å²) in [6.07, 6.45) is 8.17. The molecular weight excluding hydrogens is 360 g/mol. The van der Waals surface area contributed by atoms with E-state index in [0.717, 1.165) is 48.8 Å². The smallest absolute Gasteiger partial charge is 0.338 e. The summed E-state index contributed by atoms with van der Waals surface area (Å²) in [4.78, 5) is 12.3. The van der Waals surface area contributed by atoms with Gasteiger partial charge in [-0.05, 0) is 79.9 Å². The van der Waals surface area contributed by atoms with E-state index in [1.54, 1.807) is 6.07 Å². The lowest BCUT2D eigenvalue weighted by atomic mass is 9.68. The van der Waals surface area contributed by atoms with E-state index in [2.05, 4.69) is 34.3 Å². The van der Waals surface area contributed by atoms with Gasteiger partial charge < -0.3 is 9.84 Å². The Hall–Kier alpha value is -2.29. The molecule has 1 aromatic rings. The van der Waals surface area contributed by atoms with Crippen molar-refractivity contribution < 1.29 is 14.6 Å². The summed E-state index contributed by atoms with van der Waals surface area (Å²) >= 11 is 0. The van der Waals surface area contributed by atoms with Gasteiger partial charge >= 0.3 is 5.97 Å². The number of hydrogen-bond donors (Lipinski definition) is 1. The van der Waals surface area contributed by atoms with Crippen molar-refractivity contribution in [1.29, 1.82) is 0 Å². The molecule has 0 unspecified atom stereocenters. The Morgan fingerprint density at radius 2 is 2.03 bits per heavy atom. The van der Waals surface area contributed by atoms with Gasteiger partial charge in [0, 0.05) is 5.56 Å². The van der Waals surface area contributed by atoms with Crippen LogP contribution in [0.4, 0.5) is 0 Å². The van der Waals surface area contributed by atoms with Crippen LogP contribution in [0.5, 0.6) is 5.75 Å². The highest BCUT2D eigenvalue weighted by Crippen LogP contribution is 2.49. The number of benzene rings is 1. The molecule has 0 saturated carbocycles. The van der Waals surface area contributed by atoms with Crippen LogP contribution in [0.1, 0.15) is 89.1 Å². The molecule has 0 spiro atoms. The second-order valence-corrected chi connectivity index (χ2v) is 8.73. The van der Waals surface area contributed by atoms with E-state index in [0.29, 0.717) is 12.2 Å². The first kappa shape index (κ1) is 23.0. The topological polar surface area (TPSA) is 46.5 Å². The highest BCUT2D eigenvalue weighted by molar-refractivity contribution is 5.93. The van der Waals surface area contributed by atoms with Gasteiger partial charge in [-0.3, -0.25) is 0 Å². The molecule has 0 aliphatic heterocycles. The SMILES string of the molecule is C=C/C(C)=C(\C1=C(C)CCCC1(C)C)c1ccc(C(=O)OCCCCC)cc1O. The van der Waals surface area contributed by atoms with Crippen molar-refractivity contribution in [3.63, 3.8) is 0 Å². The maximum absolute atomic E-state index is 12.3. The third kappa shape index (κ3) is 5.41. The number of carbonyl (C=O) groups is 1. The molecule has 1 aromatic carbocycles. The minimum absolute atomic E-state index is 0.0191. The largest absolute Gasteiger partial charge is 0.507 e. The van der Waals surface area contributed by atoms with Gasteiger partial charge in [0.15, 0.2) is 0 Å². The molecular formula is C26H36O3. The third-order valence-corrected chi connectivity index (χ3v) is 5.89. The Bertz CT molecular complexity index is 824. The molecule has 0 amide bonds. The standard InChI is InChI=1S/C26H36O3/c1-7-9-10-16-29-25(28)20-13-14-21(22(27)17-20)23(18(3)8-2)24-19(4)12-11-15-26(24,5)6/h8,13-14,17,27H,2,7,9-12,15-16H2,1,3-6H3/b23-18-. The van der Waals surface area contributed by atoms with E-state index in [4.69, 9.17) is 4.74 Å². The molecule has 1 aliphatic carbocycles. The molecule has 1 N–H and O–H groups in total. The number of carbonyl (C=O) groups excluding carboxylic acids is 1. The van der Waals surface area contributed by atoms with Crippen molar-refractivity contribution in [3.05, 3.63) is 58.7 Å². The third-order valence-electron chi connectivity index (χ3n) is 5.89. The number of esters is 1. The first-order chi connectivity index (χ1) is 13.7. The number of phenols is 1. The Kier molecular flexibility index (Phi) is 7.89. The van der Waals surface area contributed by atoms with Crippen LogP contribution in [-0.2, 0) is 4.74 Å². The Labute approximate surface area is 176 Å². The summed E-state index contributed by atoms with van der Waals surface area (Å²) in [5.74, 6) is -0.284.